The maximum absolute atomic E-state index is 6.97. The van der Waals surface area contributed by atoms with Crippen molar-refractivity contribution in [2.75, 3.05) is 0 Å². The maximum atomic E-state index is 6.97. The fourth-order valence-electron chi connectivity index (χ4n) is 8.41. The van der Waals surface area contributed by atoms with E-state index in [1.54, 1.807) is 0 Å². The van der Waals surface area contributed by atoms with Crippen LogP contribution in [0.2, 0.25) is 8.65 Å². The quantitative estimate of drug-likeness (QED) is 0.177. The Kier molecular flexibility index (Phi) is 7.09. The number of hydrogen-bond acceptors (Lipinski definition) is 0. The van der Waals surface area contributed by atoms with Gasteiger partial charge in [-0.05, 0) is 0 Å². The Morgan fingerprint density at radius 2 is 1.18 bits per heavy atom. The van der Waals surface area contributed by atoms with Crippen LogP contribution in [0.5, 0.6) is 0 Å². The molecule has 0 radical (unpaired) electrons. The van der Waals surface area contributed by atoms with Crippen LogP contribution < -0.4 is 6.54 Å². The molecule has 5 aromatic carbocycles. The van der Waals surface area contributed by atoms with Crippen LogP contribution >= 0.6 is 11.6 Å². The molecular formula is C43H43ClZr. The summed E-state index contributed by atoms with van der Waals surface area (Å²) in [6.07, 6.45) is 9.37. The predicted molar refractivity (Wildman–Crippen MR) is 195 cm³/mol. The fourth-order valence-corrected chi connectivity index (χ4v) is 27.1. The van der Waals surface area contributed by atoms with Gasteiger partial charge in [0.15, 0.2) is 0 Å². The van der Waals surface area contributed by atoms with E-state index in [0.717, 1.165) is 5.02 Å². The normalized spacial score (nSPS) is 15.6. The van der Waals surface area contributed by atoms with Crippen molar-refractivity contribution in [2.45, 2.75) is 59.6 Å². The average Bonchev–Trinajstić information content (AvgIpc) is 3.67. The van der Waals surface area contributed by atoms with Crippen molar-refractivity contribution in [3.8, 4) is 11.1 Å². The van der Waals surface area contributed by atoms with Crippen LogP contribution in [0, 0.1) is 0 Å². The van der Waals surface area contributed by atoms with E-state index >= 15 is 0 Å². The summed E-state index contributed by atoms with van der Waals surface area (Å²) in [5.74, 6) is 0. The van der Waals surface area contributed by atoms with Crippen molar-refractivity contribution in [3.63, 3.8) is 0 Å². The third-order valence-electron chi connectivity index (χ3n) is 10.8. The molecule has 0 unspecified atom stereocenters. The number of hydrogen-bond donors (Lipinski definition) is 0. The molecule has 0 spiro atoms. The third kappa shape index (κ3) is 4.52. The average molecular weight is 686 g/mol. The van der Waals surface area contributed by atoms with Crippen molar-refractivity contribution in [1.82, 2.24) is 0 Å². The number of fused-ring (bicyclic) bond motifs is 4. The first-order chi connectivity index (χ1) is 21.3. The van der Waals surface area contributed by atoms with E-state index < -0.39 is 18.3 Å². The van der Waals surface area contributed by atoms with Gasteiger partial charge in [0.2, 0.25) is 0 Å². The van der Waals surface area contributed by atoms with Gasteiger partial charge < -0.3 is 0 Å². The summed E-state index contributed by atoms with van der Waals surface area (Å²) in [5.41, 5.74) is 8.29. The van der Waals surface area contributed by atoms with Gasteiger partial charge in [-0.3, -0.25) is 0 Å². The summed E-state index contributed by atoms with van der Waals surface area (Å²) < 4.78 is 8.84. The summed E-state index contributed by atoms with van der Waals surface area (Å²) in [7, 11) is 0. The molecule has 0 heterocycles. The van der Waals surface area contributed by atoms with Crippen LogP contribution in [-0.4, -0.2) is 4.21 Å². The number of halogens is 1. The van der Waals surface area contributed by atoms with Gasteiger partial charge in [0.1, 0.15) is 0 Å². The number of rotatable bonds is 4. The van der Waals surface area contributed by atoms with E-state index in [1.165, 1.54) is 50.7 Å². The van der Waals surface area contributed by atoms with Crippen molar-refractivity contribution in [3.05, 3.63) is 155 Å². The molecule has 0 N–H and O–H groups in total. The first kappa shape index (κ1) is 30.5. The second-order valence-electron chi connectivity index (χ2n) is 15.5. The van der Waals surface area contributed by atoms with E-state index in [9.17, 15) is 0 Å². The second-order valence-corrected chi connectivity index (χ2v) is 29.8. The van der Waals surface area contributed by atoms with E-state index in [1.807, 2.05) is 6.07 Å². The van der Waals surface area contributed by atoms with Gasteiger partial charge in [-0.2, -0.15) is 0 Å². The zero-order valence-corrected chi connectivity index (χ0v) is 30.6. The van der Waals surface area contributed by atoms with Gasteiger partial charge in [0.25, 0.3) is 0 Å². The molecule has 0 aromatic heterocycles. The number of allylic oxidation sites excluding steroid dienone is 4. The molecule has 2 heteroatoms. The molecule has 0 nitrogen and oxygen atoms in total. The van der Waals surface area contributed by atoms with Gasteiger partial charge in [0, 0.05) is 0 Å². The molecule has 45 heavy (non-hydrogen) atoms. The van der Waals surface area contributed by atoms with Gasteiger partial charge in [-0.15, -0.1) is 0 Å². The van der Waals surface area contributed by atoms with Crippen molar-refractivity contribution >= 4 is 33.1 Å². The van der Waals surface area contributed by atoms with Crippen LogP contribution in [0.1, 0.15) is 67.4 Å². The van der Waals surface area contributed by atoms with E-state index in [4.69, 9.17) is 15.8 Å². The zero-order valence-electron chi connectivity index (χ0n) is 27.4. The van der Waals surface area contributed by atoms with Crippen LogP contribution in [0.25, 0.3) is 21.9 Å². The zero-order chi connectivity index (χ0) is 31.8. The summed E-state index contributed by atoms with van der Waals surface area (Å²) >= 11 is 1.96. The van der Waals surface area contributed by atoms with Crippen molar-refractivity contribution in [1.29, 1.82) is 0 Å². The molecule has 0 aliphatic heterocycles. The summed E-state index contributed by atoms with van der Waals surface area (Å²) in [6.45, 7) is 13.9. The molecule has 0 saturated heterocycles. The van der Waals surface area contributed by atoms with E-state index in [0.29, 0.717) is 0 Å². The SMILES string of the molecule is [CH2]=[Zr]([c]1cccc(Cl)c1)([c]1cccc2ccccc12)([CH]1C=CC=C1)[CH]1c2cc(C(C)(C)C)ccc2-c2ccc(C(C)(C)C)cc21. The van der Waals surface area contributed by atoms with Crippen molar-refractivity contribution < 1.29 is 18.3 Å². The Hall–Kier alpha value is -3.12. The van der Waals surface area contributed by atoms with E-state index in [2.05, 4.69) is 163 Å². The second kappa shape index (κ2) is 10.5. The minimum atomic E-state index is -5.01. The van der Waals surface area contributed by atoms with Crippen LogP contribution in [0.3, 0.4) is 0 Å². The summed E-state index contributed by atoms with van der Waals surface area (Å²) in [6, 6.07) is 39.2. The molecule has 0 amide bonds. The predicted octanol–water partition coefficient (Wildman–Crippen LogP) is 10.8. The molecule has 0 saturated carbocycles. The summed E-state index contributed by atoms with van der Waals surface area (Å²) in [5, 5.41) is 3.34. The summed E-state index contributed by atoms with van der Waals surface area (Å²) in [4.78, 5) is 0. The molecule has 226 valence electrons. The van der Waals surface area contributed by atoms with Gasteiger partial charge in [-0.1, -0.05) is 0 Å². The third-order valence-corrected chi connectivity index (χ3v) is 28.9. The molecule has 5 aromatic rings. The molecule has 0 bridgehead atoms. The molecule has 2 aliphatic carbocycles. The van der Waals surface area contributed by atoms with E-state index in [-0.39, 0.29) is 18.1 Å². The molecule has 2 aliphatic rings. The molecular weight excluding hydrogens is 643 g/mol. The fraction of sp³-hybridized carbons (Fsp3) is 0.233. The first-order valence-corrected chi connectivity index (χ1v) is 23.6. The Morgan fingerprint density at radius 1 is 0.622 bits per heavy atom. The molecule has 7 rings (SSSR count). The Bertz CT molecular complexity index is 2030. The number of benzene rings is 5. The molecule has 0 atom stereocenters. The minimum absolute atomic E-state index is 0.0140. The van der Waals surface area contributed by atoms with Gasteiger partial charge in [-0.25, -0.2) is 0 Å². The van der Waals surface area contributed by atoms with Crippen LogP contribution in [-0.2, 0) is 29.1 Å². The standard InChI is InChI=1S/C21H25.C10H7.C6H4Cl.C5H5.CH2.Zr/c1-20(2,3)16-7-9-18-14(12-16)11-15-13-17(21(4,5)6)8-10-19(15)18;1-2-6-10-8-4-3-7-9(10)5-1;7-6-4-2-1-3-5-6;1-2-4-5-3-1;;/h7-13H,1-6H3;1-7H;1-2,4-5H;1-5H;1H2;. The van der Waals surface area contributed by atoms with Gasteiger partial charge in [0.05, 0.1) is 0 Å². The van der Waals surface area contributed by atoms with Crippen LogP contribution in [0.4, 0.5) is 0 Å². The Balaban J connectivity index is 1.74. The Morgan fingerprint density at radius 3 is 1.76 bits per heavy atom. The van der Waals surface area contributed by atoms with Crippen LogP contribution in [0.15, 0.2) is 127 Å². The van der Waals surface area contributed by atoms with Gasteiger partial charge >= 0.3 is 277 Å². The first-order valence-electron chi connectivity index (χ1n) is 16.2. The monoisotopic (exact) mass is 684 g/mol. The topological polar surface area (TPSA) is 0 Å². The molecule has 0 fully saturated rings. The Labute approximate surface area is 275 Å². The van der Waals surface area contributed by atoms with Crippen molar-refractivity contribution in [2.24, 2.45) is 0 Å².